The molecular formula is C17H19N5O. The average Bonchev–Trinajstić information content (AvgIpc) is 3.06. The Bertz CT molecular complexity index is 730. The highest BCUT2D eigenvalue weighted by Gasteiger charge is 2.16. The largest absolute Gasteiger partial charge is 0.382 e. The number of nitrogen functional groups attached to an aromatic ring is 2. The number of nitrogens with two attached hydrogens (primary N) is 2. The molecule has 0 spiro atoms. The first-order valence-electron chi connectivity index (χ1n) is 7.71. The highest BCUT2D eigenvalue weighted by atomic mass is 16.5. The molecule has 0 bridgehead atoms. The quantitative estimate of drug-likeness (QED) is 0.898. The van der Waals surface area contributed by atoms with Crippen molar-refractivity contribution in [3.8, 4) is 17.3 Å². The Morgan fingerprint density at radius 3 is 2.48 bits per heavy atom. The van der Waals surface area contributed by atoms with Gasteiger partial charge < -0.3 is 16.2 Å². The van der Waals surface area contributed by atoms with Gasteiger partial charge in [-0.25, -0.2) is 4.98 Å². The van der Waals surface area contributed by atoms with Crippen LogP contribution in [0.3, 0.4) is 0 Å². The Labute approximate surface area is 135 Å². The van der Waals surface area contributed by atoms with E-state index < -0.39 is 0 Å². The molecule has 0 amide bonds. The molecule has 1 aliphatic rings. The smallest absolute Gasteiger partial charge is 0.222 e. The lowest BCUT2D eigenvalue weighted by molar-refractivity contribution is 0.0457. The average molecular weight is 309 g/mol. The van der Waals surface area contributed by atoms with E-state index >= 15 is 0 Å². The summed E-state index contributed by atoms with van der Waals surface area (Å²) in [4.78, 5) is 7.97. The van der Waals surface area contributed by atoms with E-state index in [-0.39, 0.29) is 17.3 Å². The Morgan fingerprint density at radius 1 is 1.13 bits per heavy atom. The van der Waals surface area contributed by atoms with E-state index in [4.69, 9.17) is 16.2 Å². The van der Waals surface area contributed by atoms with Crippen molar-refractivity contribution in [1.29, 1.82) is 5.26 Å². The van der Waals surface area contributed by atoms with E-state index in [0.717, 1.165) is 24.0 Å². The number of anilines is 2. The van der Waals surface area contributed by atoms with Gasteiger partial charge in [-0.2, -0.15) is 10.2 Å². The summed E-state index contributed by atoms with van der Waals surface area (Å²) < 4.78 is 5.90. The number of aromatic nitrogens is 2. The van der Waals surface area contributed by atoms with Gasteiger partial charge in [-0.15, -0.1) is 0 Å². The van der Waals surface area contributed by atoms with Crippen LogP contribution in [0.1, 0.15) is 36.8 Å². The van der Waals surface area contributed by atoms with Crippen molar-refractivity contribution in [2.75, 3.05) is 11.5 Å². The van der Waals surface area contributed by atoms with Gasteiger partial charge in [0.25, 0.3) is 0 Å². The van der Waals surface area contributed by atoms with Crippen LogP contribution in [0.2, 0.25) is 0 Å². The first-order chi connectivity index (χ1) is 11.2. The predicted molar refractivity (Wildman–Crippen MR) is 88.1 cm³/mol. The molecule has 0 saturated heterocycles. The highest BCUT2D eigenvalue weighted by molar-refractivity contribution is 5.73. The lowest BCUT2D eigenvalue weighted by atomic mass is 10.1. The number of hydrogen-bond acceptors (Lipinski definition) is 6. The molecule has 1 heterocycles. The van der Waals surface area contributed by atoms with Crippen molar-refractivity contribution >= 4 is 11.8 Å². The molecule has 118 valence electrons. The second-order valence-corrected chi connectivity index (χ2v) is 5.72. The van der Waals surface area contributed by atoms with E-state index in [1.807, 2.05) is 30.3 Å². The molecule has 1 fully saturated rings. The first-order valence-corrected chi connectivity index (χ1v) is 7.71. The van der Waals surface area contributed by atoms with Crippen LogP contribution in [0.4, 0.5) is 11.8 Å². The second-order valence-electron chi connectivity index (χ2n) is 5.72. The molecule has 1 aliphatic carbocycles. The van der Waals surface area contributed by atoms with Crippen molar-refractivity contribution in [3.63, 3.8) is 0 Å². The highest BCUT2D eigenvalue weighted by Crippen LogP contribution is 2.26. The molecule has 1 saturated carbocycles. The molecule has 6 nitrogen and oxygen atoms in total. The van der Waals surface area contributed by atoms with Gasteiger partial charge in [0.05, 0.1) is 18.4 Å². The Morgan fingerprint density at radius 2 is 1.83 bits per heavy atom. The minimum atomic E-state index is 0.0603. The van der Waals surface area contributed by atoms with E-state index in [9.17, 15) is 5.26 Å². The molecule has 0 radical (unpaired) electrons. The number of rotatable bonds is 4. The number of nitriles is 1. The summed E-state index contributed by atoms with van der Waals surface area (Å²) in [5.74, 6) is 0.161. The summed E-state index contributed by atoms with van der Waals surface area (Å²) in [6.45, 7) is 0.601. The van der Waals surface area contributed by atoms with Gasteiger partial charge in [-0.3, -0.25) is 0 Å². The summed E-state index contributed by atoms with van der Waals surface area (Å²) in [5, 5.41) is 9.24. The molecule has 23 heavy (non-hydrogen) atoms. The molecule has 3 rings (SSSR count). The number of benzene rings is 1. The van der Waals surface area contributed by atoms with E-state index in [1.165, 1.54) is 12.8 Å². The fourth-order valence-electron chi connectivity index (χ4n) is 2.84. The maximum absolute atomic E-state index is 9.24. The monoisotopic (exact) mass is 309 g/mol. The van der Waals surface area contributed by atoms with Crippen molar-refractivity contribution < 1.29 is 4.74 Å². The minimum Gasteiger partial charge on any atom is -0.382 e. The molecule has 1 aromatic carbocycles. The summed E-state index contributed by atoms with van der Waals surface area (Å²) in [6.07, 6.45) is 5.22. The summed E-state index contributed by atoms with van der Waals surface area (Å²) in [5.41, 5.74) is 14.0. The standard InChI is InChI=1S/C17H19N5O/c18-9-14-15(21-17(20)22-16(14)19)12-7-5-11(6-8-12)10-23-13-3-1-2-4-13/h5-8,13H,1-4,10H2,(H4,19,20,21,22). The number of nitrogens with zero attached hydrogens (tertiary/aromatic N) is 3. The molecule has 0 atom stereocenters. The summed E-state index contributed by atoms with van der Waals surface area (Å²) in [6, 6.07) is 9.78. The zero-order valence-corrected chi connectivity index (χ0v) is 12.8. The molecule has 4 N–H and O–H groups in total. The van der Waals surface area contributed by atoms with Crippen LogP contribution in [0, 0.1) is 11.3 Å². The molecule has 2 aromatic rings. The zero-order valence-electron chi connectivity index (χ0n) is 12.8. The fraction of sp³-hybridized carbons (Fsp3) is 0.353. The minimum absolute atomic E-state index is 0.0603. The number of hydrogen-bond donors (Lipinski definition) is 2. The van der Waals surface area contributed by atoms with Crippen LogP contribution in [0.15, 0.2) is 24.3 Å². The predicted octanol–water partition coefficient (Wildman–Crippen LogP) is 2.64. The van der Waals surface area contributed by atoms with Crippen molar-refractivity contribution in [1.82, 2.24) is 9.97 Å². The van der Waals surface area contributed by atoms with Crippen LogP contribution >= 0.6 is 0 Å². The van der Waals surface area contributed by atoms with Crippen molar-refractivity contribution in [3.05, 3.63) is 35.4 Å². The topological polar surface area (TPSA) is 111 Å². The molecule has 0 aliphatic heterocycles. The van der Waals surface area contributed by atoms with Gasteiger partial charge in [0.1, 0.15) is 17.5 Å². The van der Waals surface area contributed by atoms with Crippen LogP contribution in [0.5, 0.6) is 0 Å². The van der Waals surface area contributed by atoms with Crippen molar-refractivity contribution in [2.24, 2.45) is 0 Å². The maximum atomic E-state index is 9.24. The summed E-state index contributed by atoms with van der Waals surface area (Å²) >= 11 is 0. The van der Waals surface area contributed by atoms with E-state index in [2.05, 4.69) is 9.97 Å². The van der Waals surface area contributed by atoms with Crippen LogP contribution in [-0.2, 0) is 11.3 Å². The van der Waals surface area contributed by atoms with Crippen LogP contribution in [-0.4, -0.2) is 16.1 Å². The molecular weight excluding hydrogens is 290 g/mol. The van der Waals surface area contributed by atoms with Gasteiger partial charge in [-0.1, -0.05) is 37.1 Å². The van der Waals surface area contributed by atoms with Gasteiger partial charge in [0.15, 0.2) is 0 Å². The molecule has 1 aromatic heterocycles. The van der Waals surface area contributed by atoms with Gasteiger partial charge in [0, 0.05) is 5.56 Å². The Kier molecular flexibility index (Phi) is 4.40. The first kappa shape index (κ1) is 15.3. The van der Waals surface area contributed by atoms with Gasteiger partial charge >= 0.3 is 0 Å². The molecule has 6 heteroatoms. The number of ether oxygens (including phenoxy) is 1. The third-order valence-corrected chi connectivity index (χ3v) is 4.08. The van der Waals surface area contributed by atoms with Crippen molar-refractivity contribution in [2.45, 2.75) is 38.4 Å². The SMILES string of the molecule is N#Cc1c(N)nc(N)nc1-c1ccc(COC2CCCC2)cc1. The maximum Gasteiger partial charge on any atom is 0.222 e. The molecule has 0 unspecified atom stereocenters. The third kappa shape index (κ3) is 3.41. The van der Waals surface area contributed by atoms with E-state index in [0.29, 0.717) is 18.4 Å². The normalized spacial score (nSPS) is 14.7. The third-order valence-electron chi connectivity index (χ3n) is 4.08. The lowest BCUT2D eigenvalue weighted by Gasteiger charge is -2.11. The lowest BCUT2D eigenvalue weighted by Crippen LogP contribution is -2.07. The van der Waals surface area contributed by atoms with Gasteiger partial charge in [0.2, 0.25) is 5.95 Å². The zero-order chi connectivity index (χ0) is 16.2. The Balaban J connectivity index is 1.78. The second kappa shape index (κ2) is 6.63. The van der Waals surface area contributed by atoms with Crippen LogP contribution < -0.4 is 11.5 Å². The van der Waals surface area contributed by atoms with Gasteiger partial charge in [-0.05, 0) is 18.4 Å². The fourth-order valence-corrected chi connectivity index (χ4v) is 2.84. The van der Waals surface area contributed by atoms with Crippen LogP contribution in [0.25, 0.3) is 11.3 Å². The Hall–Kier alpha value is -2.65. The van der Waals surface area contributed by atoms with E-state index in [1.54, 1.807) is 0 Å². The summed E-state index contributed by atoms with van der Waals surface area (Å²) in [7, 11) is 0.